The first-order chi connectivity index (χ1) is 5.16. The average Bonchev–Trinajstić information content (AvgIpc) is 1.99. The van der Waals surface area contributed by atoms with E-state index in [9.17, 15) is 0 Å². The lowest BCUT2D eigenvalue weighted by Crippen LogP contribution is -2.22. The molecule has 0 aromatic carbocycles. The molecule has 0 fully saturated rings. The molecule has 2 unspecified atom stereocenters. The smallest absolute Gasteiger partial charge is 0.0140 e. The molecule has 1 aliphatic rings. The highest BCUT2D eigenvalue weighted by molar-refractivity contribution is 5.25. The van der Waals surface area contributed by atoms with E-state index in [0.29, 0.717) is 0 Å². The van der Waals surface area contributed by atoms with Gasteiger partial charge in [0.1, 0.15) is 0 Å². The Morgan fingerprint density at radius 3 is 2.45 bits per heavy atom. The summed E-state index contributed by atoms with van der Waals surface area (Å²) in [5.74, 6) is 1.85. The highest BCUT2D eigenvalue weighted by Crippen LogP contribution is 2.40. The fourth-order valence-electron chi connectivity index (χ4n) is 2.11. The molecule has 0 aromatic heterocycles. The van der Waals surface area contributed by atoms with Crippen molar-refractivity contribution in [3.8, 4) is 0 Å². The van der Waals surface area contributed by atoms with E-state index in [1.165, 1.54) is 19.3 Å². The molecule has 1 rings (SSSR count). The van der Waals surface area contributed by atoms with Gasteiger partial charge >= 0.3 is 0 Å². The van der Waals surface area contributed by atoms with Crippen molar-refractivity contribution >= 4 is 0 Å². The van der Waals surface area contributed by atoms with Crippen molar-refractivity contribution in [2.75, 3.05) is 0 Å². The van der Waals surface area contributed by atoms with Gasteiger partial charge in [-0.25, -0.2) is 0 Å². The van der Waals surface area contributed by atoms with E-state index in [0.717, 1.165) is 11.8 Å². The summed E-state index contributed by atoms with van der Waals surface area (Å²) >= 11 is 0. The molecule has 0 saturated heterocycles. The monoisotopic (exact) mass is 152 g/mol. The van der Waals surface area contributed by atoms with Crippen molar-refractivity contribution in [1.82, 2.24) is 0 Å². The van der Waals surface area contributed by atoms with Gasteiger partial charge in [0.15, 0.2) is 0 Å². The zero-order valence-corrected chi connectivity index (χ0v) is 8.28. The number of allylic oxidation sites excluding steroid dienone is 2. The SMILES string of the molecule is CCCC(C)C1CC(C)=C1C. The molecule has 1 aliphatic carbocycles. The van der Waals surface area contributed by atoms with Crippen LogP contribution in [0.4, 0.5) is 0 Å². The Balaban J connectivity index is 2.41. The predicted octanol–water partition coefficient (Wildman–Crippen LogP) is 3.78. The van der Waals surface area contributed by atoms with Crippen molar-refractivity contribution in [1.29, 1.82) is 0 Å². The zero-order valence-electron chi connectivity index (χ0n) is 8.28. The summed E-state index contributed by atoms with van der Waals surface area (Å²) in [5, 5.41) is 0. The summed E-state index contributed by atoms with van der Waals surface area (Å²) in [5.41, 5.74) is 3.31. The molecular formula is C11H20. The van der Waals surface area contributed by atoms with Gasteiger partial charge in [0.25, 0.3) is 0 Å². The second-order valence-corrected chi connectivity index (χ2v) is 4.04. The van der Waals surface area contributed by atoms with E-state index in [1.54, 1.807) is 11.1 Å². The molecule has 0 aliphatic heterocycles. The van der Waals surface area contributed by atoms with Crippen molar-refractivity contribution in [2.45, 2.75) is 47.0 Å². The van der Waals surface area contributed by atoms with Gasteiger partial charge in [0, 0.05) is 0 Å². The second kappa shape index (κ2) is 3.42. The molecule has 64 valence electrons. The quantitative estimate of drug-likeness (QED) is 0.540. The molecule has 0 heteroatoms. The van der Waals surface area contributed by atoms with Gasteiger partial charge in [-0.2, -0.15) is 0 Å². The summed E-state index contributed by atoms with van der Waals surface area (Å²) < 4.78 is 0. The summed E-state index contributed by atoms with van der Waals surface area (Å²) in [6.07, 6.45) is 4.10. The van der Waals surface area contributed by atoms with E-state index in [1.807, 2.05) is 0 Å². The minimum Gasteiger partial charge on any atom is -0.0735 e. The summed E-state index contributed by atoms with van der Waals surface area (Å²) in [7, 11) is 0. The van der Waals surface area contributed by atoms with Gasteiger partial charge in [0.05, 0.1) is 0 Å². The summed E-state index contributed by atoms with van der Waals surface area (Å²) in [4.78, 5) is 0. The van der Waals surface area contributed by atoms with Gasteiger partial charge in [-0.1, -0.05) is 37.8 Å². The first-order valence-corrected chi connectivity index (χ1v) is 4.83. The standard InChI is InChI=1S/C11H20/c1-5-6-8(2)11-7-9(3)10(11)4/h8,11H,5-7H2,1-4H3. The Labute approximate surface area is 70.7 Å². The van der Waals surface area contributed by atoms with Crippen LogP contribution in [0.1, 0.15) is 47.0 Å². The van der Waals surface area contributed by atoms with Crippen LogP contribution >= 0.6 is 0 Å². The molecule has 2 atom stereocenters. The Morgan fingerprint density at radius 2 is 2.09 bits per heavy atom. The highest BCUT2D eigenvalue weighted by Gasteiger charge is 2.27. The van der Waals surface area contributed by atoms with Gasteiger partial charge in [-0.3, -0.25) is 0 Å². The topological polar surface area (TPSA) is 0 Å². The Hall–Kier alpha value is -0.260. The van der Waals surface area contributed by atoms with Crippen LogP contribution < -0.4 is 0 Å². The third kappa shape index (κ3) is 1.66. The van der Waals surface area contributed by atoms with E-state index >= 15 is 0 Å². The van der Waals surface area contributed by atoms with Crippen LogP contribution in [0.15, 0.2) is 11.1 Å². The van der Waals surface area contributed by atoms with Crippen LogP contribution in [0.25, 0.3) is 0 Å². The maximum Gasteiger partial charge on any atom is -0.0140 e. The molecule has 0 aromatic rings. The van der Waals surface area contributed by atoms with E-state index in [2.05, 4.69) is 27.7 Å². The molecular weight excluding hydrogens is 132 g/mol. The number of rotatable bonds is 3. The van der Waals surface area contributed by atoms with Crippen LogP contribution in [0.3, 0.4) is 0 Å². The second-order valence-electron chi connectivity index (χ2n) is 4.04. The fourth-order valence-corrected chi connectivity index (χ4v) is 2.11. The van der Waals surface area contributed by atoms with Crippen LogP contribution in [-0.2, 0) is 0 Å². The molecule has 0 nitrogen and oxygen atoms in total. The molecule has 0 saturated carbocycles. The van der Waals surface area contributed by atoms with Gasteiger partial charge in [0.2, 0.25) is 0 Å². The molecule has 0 radical (unpaired) electrons. The predicted molar refractivity (Wildman–Crippen MR) is 50.6 cm³/mol. The molecule has 0 spiro atoms. The molecule has 0 N–H and O–H groups in total. The Morgan fingerprint density at radius 1 is 1.45 bits per heavy atom. The minimum atomic E-state index is 0.920. The number of hydrogen-bond donors (Lipinski definition) is 0. The molecule has 11 heavy (non-hydrogen) atoms. The van der Waals surface area contributed by atoms with E-state index in [4.69, 9.17) is 0 Å². The third-order valence-corrected chi connectivity index (χ3v) is 3.19. The average molecular weight is 152 g/mol. The van der Waals surface area contributed by atoms with E-state index in [-0.39, 0.29) is 0 Å². The lowest BCUT2D eigenvalue weighted by molar-refractivity contribution is 0.342. The van der Waals surface area contributed by atoms with Crippen molar-refractivity contribution in [2.24, 2.45) is 11.8 Å². The first-order valence-electron chi connectivity index (χ1n) is 4.83. The zero-order chi connectivity index (χ0) is 8.43. The van der Waals surface area contributed by atoms with Crippen LogP contribution in [0, 0.1) is 11.8 Å². The number of hydrogen-bond acceptors (Lipinski definition) is 0. The summed E-state index contributed by atoms with van der Waals surface area (Å²) in [6.45, 7) is 9.24. The van der Waals surface area contributed by atoms with Crippen LogP contribution in [0.5, 0.6) is 0 Å². The Bertz CT molecular complexity index is 165. The molecule has 0 bridgehead atoms. The van der Waals surface area contributed by atoms with Gasteiger partial charge in [-0.05, 0) is 32.1 Å². The third-order valence-electron chi connectivity index (χ3n) is 3.19. The minimum absolute atomic E-state index is 0.920. The maximum absolute atomic E-state index is 2.39. The lowest BCUT2D eigenvalue weighted by atomic mass is 9.71. The van der Waals surface area contributed by atoms with Crippen molar-refractivity contribution < 1.29 is 0 Å². The summed E-state index contributed by atoms with van der Waals surface area (Å²) in [6, 6.07) is 0. The van der Waals surface area contributed by atoms with Gasteiger partial charge < -0.3 is 0 Å². The van der Waals surface area contributed by atoms with Gasteiger partial charge in [-0.15, -0.1) is 0 Å². The van der Waals surface area contributed by atoms with Crippen molar-refractivity contribution in [3.05, 3.63) is 11.1 Å². The largest absolute Gasteiger partial charge is 0.0735 e. The molecule has 0 heterocycles. The van der Waals surface area contributed by atoms with Crippen LogP contribution in [0.2, 0.25) is 0 Å². The van der Waals surface area contributed by atoms with E-state index < -0.39 is 0 Å². The highest BCUT2D eigenvalue weighted by atomic mass is 14.3. The fraction of sp³-hybridized carbons (Fsp3) is 0.818. The lowest BCUT2D eigenvalue weighted by Gasteiger charge is -2.34. The normalized spacial score (nSPS) is 26.7. The Kier molecular flexibility index (Phi) is 2.75. The first kappa shape index (κ1) is 8.83. The van der Waals surface area contributed by atoms with Crippen molar-refractivity contribution in [3.63, 3.8) is 0 Å². The molecule has 0 amide bonds. The maximum atomic E-state index is 2.39. The van der Waals surface area contributed by atoms with Crippen LogP contribution in [-0.4, -0.2) is 0 Å².